The van der Waals surface area contributed by atoms with E-state index in [0.717, 1.165) is 12.3 Å². The zero-order valence-corrected chi connectivity index (χ0v) is 8.50. The number of rotatable bonds is 2. The van der Waals surface area contributed by atoms with Crippen LogP contribution in [0.1, 0.15) is 16.1 Å². The minimum absolute atomic E-state index is 0.0714. The third-order valence-electron chi connectivity index (χ3n) is 1.56. The fraction of sp³-hybridized carbons (Fsp3) is 0.250. The summed E-state index contributed by atoms with van der Waals surface area (Å²) >= 11 is 0. The van der Waals surface area contributed by atoms with Gasteiger partial charge in [0.2, 0.25) is 0 Å². The topological polar surface area (TPSA) is 84.3 Å². The molecule has 1 aromatic rings. The van der Waals surface area contributed by atoms with Crippen LogP contribution in [0.15, 0.2) is 17.2 Å². The maximum absolute atomic E-state index is 11.1. The van der Waals surface area contributed by atoms with Crippen molar-refractivity contribution in [1.82, 2.24) is 4.98 Å². The van der Waals surface area contributed by atoms with Gasteiger partial charge in [0.1, 0.15) is 0 Å². The minimum atomic E-state index is -3.46. The lowest BCUT2D eigenvalue weighted by Gasteiger charge is -2.01. The number of nitrogens with zero attached hydrogens (tertiary/aromatic N) is 1. The van der Waals surface area contributed by atoms with Crippen molar-refractivity contribution < 1.29 is 18.3 Å². The van der Waals surface area contributed by atoms with Crippen LogP contribution >= 0.6 is 0 Å². The van der Waals surface area contributed by atoms with E-state index in [9.17, 15) is 13.2 Å². The zero-order chi connectivity index (χ0) is 10.9. The number of sulfone groups is 1. The first-order valence-electron chi connectivity index (χ1n) is 3.73. The van der Waals surface area contributed by atoms with Crippen molar-refractivity contribution in [1.29, 1.82) is 0 Å². The molecular formula is C8H9NO4S. The number of carboxylic acid groups (broad SMARTS) is 1. The Bertz CT molecular complexity index is 478. The quantitative estimate of drug-likeness (QED) is 0.776. The number of hydrogen-bond acceptors (Lipinski definition) is 4. The van der Waals surface area contributed by atoms with Gasteiger partial charge in [-0.1, -0.05) is 0 Å². The third kappa shape index (κ3) is 2.29. The molecule has 0 saturated heterocycles. The van der Waals surface area contributed by atoms with E-state index in [1.165, 1.54) is 6.07 Å². The van der Waals surface area contributed by atoms with E-state index in [0.29, 0.717) is 5.69 Å². The molecule has 0 unspecified atom stereocenters. The summed E-state index contributed by atoms with van der Waals surface area (Å²) in [5, 5.41) is 8.46. The van der Waals surface area contributed by atoms with Crippen LogP contribution in [0.5, 0.6) is 0 Å². The molecule has 1 heterocycles. The highest BCUT2D eigenvalue weighted by Gasteiger charge is 2.13. The van der Waals surface area contributed by atoms with Gasteiger partial charge in [-0.3, -0.25) is 0 Å². The predicted octanol–water partition coefficient (Wildman–Crippen LogP) is 0.492. The summed E-state index contributed by atoms with van der Waals surface area (Å²) in [6.45, 7) is 1.54. The Labute approximate surface area is 81.3 Å². The Hall–Kier alpha value is -1.43. The number of aromatic carboxylic acids is 1. The van der Waals surface area contributed by atoms with Crippen molar-refractivity contribution in [3.05, 3.63) is 23.4 Å². The van der Waals surface area contributed by atoms with Crippen LogP contribution in [0.4, 0.5) is 0 Å². The van der Waals surface area contributed by atoms with Gasteiger partial charge < -0.3 is 5.11 Å². The molecule has 0 aromatic carbocycles. The lowest BCUT2D eigenvalue weighted by Crippen LogP contribution is -2.06. The number of carboxylic acids is 1. The minimum Gasteiger partial charge on any atom is -0.478 e. The number of aryl methyl sites for hydroxylation is 1. The van der Waals surface area contributed by atoms with Gasteiger partial charge in [-0.05, 0) is 19.1 Å². The molecule has 0 amide bonds. The molecule has 0 aliphatic rings. The Balaban J connectivity index is 3.43. The van der Waals surface area contributed by atoms with Gasteiger partial charge in [0.05, 0.1) is 5.56 Å². The predicted molar refractivity (Wildman–Crippen MR) is 49.0 cm³/mol. The molecule has 0 aliphatic carbocycles. The second-order valence-corrected chi connectivity index (χ2v) is 4.88. The van der Waals surface area contributed by atoms with Crippen molar-refractivity contribution in [3.8, 4) is 0 Å². The van der Waals surface area contributed by atoms with E-state index < -0.39 is 15.8 Å². The van der Waals surface area contributed by atoms with E-state index in [1.807, 2.05) is 0 Å². The number of hydrogen-bond donors (Lipinski definition) is 1. The Morgan fingerprint density at radius 3 is 2.43 bits per heavy atom. The summed E-state index contributed by atoms with van der Waals surface area (Å²) in [5.74, 6) is -1.17. The summed E-state index contributed by atoms with van der Waals surface area (Å²) in [4.78, 5) is 14.3. The largest absolute Gasteiger partial charge is 0.478 e. The Morgan fingerprint density at radius 1 is 1.43 bits per heavy atom. The van der Waals surface area contributed by atoms with E-state index in [4.69, 9.17) is 5.11 Å². The number of carbonyl (C=O) groups is 1. The van der Waals surface area contributed by atoms with Crippen LogP contribution < -0.4 is 0 Å². The van der Waals surface area contributed by atoms with E-state index in [1.54, 1.807) is 6.92 Å². The summed E-state index contributed by atoms with van der Waals surface area (Å²) in [5.41, 5.74) is 0.295. The Morgan fingerprint density at radius 2 is 2.00 bits per heavy atom. The van der Waals surface area contributed by atoms with Gasteiger partial charge in [-0.15, -0.1) is 0 Å². The van der Waals surface area contributed by atoms with Gasteiger partial charge in [0.15, 0.2) is 14.9 Å². The molecule has 6 heteroatoms. The average Bonchev–Trinajstić information content (AvgIpc) is 2.01. The first-order valence-corrected chi connectivity index (χ1v) is 5.62. The molecule has 1 aromatic heterocycles. The van der Waals surface area contributed by atoms with Crippen molar-refractivity contribution in [2.45, 2.75) is 11.9 Å². The van der Waals surface area contributed by atoms with Gasteiger partial charge in [0, 0.05) is 11.9 Å². The molecule has 1 N–H and O–H groups in total. The summed E-state index contributed by atoms with van der Waals surface area (Å²) in [7, 11) is -3.46. The van der Waals surface area contributed by atoms with Gasteiger partial charge >= 0.3 is 5.97 Å². The molecule has 0 bridgehead atoms. The summed E-state index contributed by atoms with van der Waals surface area (Å²) in [6.07, 6.45) is 0.987. The highest BCUT2D eigenvalue weighted by molar-refractivity contribution is 7.90. The van der Waals surface area contributed by atoms with Crippen LogP contribution in [0.25, 0.3) is 0 Å². The molecule has 1 rings (SSSR count). The molecule has 0 saturated carbocycles. The fourth-order valence-corrected chi connectivity index (χ4v) is 1.60. The van der Waals surface area contributed by atoms with E-state index >= 15 is 0 Å². The van der Waals surface area contributed by atoms with Crippen LogP contribution in [-0.2, 0) is 9.84 Å². The van der Waals surface area contributed by atoms with Crippen molar-refractivity contribution in [3.63, 3.8) is 0 Å². The van der Waals surface area contributed by atoms with Crippen LogP contribution in [0.2, 0.25) is 0 Å². The lowest BCUT2D eigenvalue weighted by atomic mass is 10.2. The fourth-order valence-electron chi connectivity index (χ4n) is 0.952. The highest BCUT2D eigenvalue weighted by atomic mass is 32.2. The molecule has 0 radical (unpaired) electrons. The summed E-state index contributed by atoms with van der Waals surface area (Å²) < 4.78 is 22.2. The van der Waals surface area contributed by atoms with Crippen LogP contribution in [0.3, 0.4) is 0 Å². The number of pyridine rings is 1. The van der Waals surface area contributed by atoms with Crippen LogP contribution in [-0.4, -0.2) is 30.7 Å². The molecule has 0 aliphatic heterocycles. The second kappa shape index (κ2) is 3.38. The molecule has 0 spiro atoms. The maximum atomic E-state index is 11.1. The third-order valence-corrected chi connectivity index (χ3v) is 2.53. The molecule has 5 nitrogen and oxygen atoms in total. The van der Waals surface area contributed by atoms with Crippen molar-refractivity contribution in [2.75, 3.05) is 6.26 Å². The molecular weight excluding hydrogens is 206 g/mol. The second-order valence-electron chi connectivity index (χ2n) is 2.91. The Kier molecular flexibility index (Phi) is 2.57. The first-order chi connectivity index (χ1) is 6.30. The molecule has 0 atom stereocenters. The molecule has 14 heavy (non-hydrogen) atoms. The average molecular weight is 215 g/mol. The van der Waals surface area contributed by atoms with Crippen LogP contribution in [0, 0.1) is 6.92 Å². The maximum Gasteiger partial charge on any atom is 0.335 e. The zero-order valence-electron chi connectivity index (χ0n) is 7.68. The van der Waals surface area contributed by atoms with Crippen molar-refractivity contribution in [2.24, 2.45) is 0 Å². The monoisotopic (exact) mass is 215 g/mol. The smallest absolute Gasteiger partial charge is 0.335 e. The lowest BCUT2D eigenvalue weighted by molar-refractivity contribution is 0.0696. The normalized spacial score (nSPS) is 11.3. The van der Waals surface area contributed by atoms with Gasteiger partial charge in [-0.2, -0.15) is 0 Å². The first kappa shape index (κ1) is 10.6. The number of aromatic nitrogens is 1. The van der Waals surface area contributed by atoms with Gasteiger partial charge in [-0.25, -0.2) is 18.2 Å². The molecule has 0 fully saturated rings. The van der Waals surface area contributed by atoms with E-state index in [2.05, 4.69) is 4.98 Å². The van der Waals surface area contributed by atoms with Gasteiger partial charge in [0.25, 0.3) is 0 Å². The van der Waals surface area contributed by atoms with Crippen molar-refractivity contribution >= 4 is 15.8 Å². The molecule has 76 valence electrons. The highest BCUT2D eigenvalue weighted by Crippen LogP contribution is 2.10. The summed E-state index contributed by atoms with van der Waals surface area (Å²) in [6, 6.07) is 2.36. The SMILES string of the molecule is Cc1cc(C(=O)O)cc(S(C)(=O)=O)n1. The standard InChI is InChI=1S/C8H9NO4S/c1-5-3-6(8(10)11)4-7(9-5)14(2,12)13/h3-4H,1-2H3,(H,10,11). The van der Waals surface area contributed by atoms with E-state index in [-0.39, 0.29) is 10.6 Å².